The van der Waals surface area contributed by atoms with Crippen LogP contribution in [0.25, 0.3) is 0 Å². The molecule has 0 rings (SSSR count). The number of hydrogen-bond acceptors (Lipinski definition) is 2. The Kier molecular flexibility index (Phi) is 5.04. The van der Waals surface area contributed by atoms with Gasteiger partial charge >= 0.3 is 0 Å². The molecule has 0 aromatic heterocycles. The summed E-state index contributed by atoms with van der Waals surface area (Å²) in [5, 5.41) is 2.04. The summed E-state index contributed by atoms with van der Waals surface area (Å²) in [5.74, 6) is 2.76. The fraction of sp³-hybridized carbons (Fsp3) is 0.714. The average molecular weight is 126 g/mol. The second kappa shape index (κ2) is 5.46. The summed E-state index contributed by atoms with van der Waals surface area (Å²) < 4.78 is 0. The van der Waals surface area contributed by atoms with E-state index in [0.29, 0.717) is 0 Å². The maximum Gasteiger partial charge on any atom is 0.0201 e. The second-order valence-corrected chi connectivity index (χ2v) is 1.66. The fourth-order valence-corrected chi connectivity index (χ4v) is 0.517. The molecule has 0 radical (unpaired) electrons. The van der Waals surface area contributed by atoms with Gasteiger partial charge in [-0.2, -0.15) is 0 Å². The van der Waals surface area contributed by atoms with Crippen molar-refractivity contribution in [3.05, 3.63) is 0 Å². The minimum absolute atomic E-state index is 0.991. The highest BCUT2D eigenvalue weighted by Crippen LogP contribution is 1.75. The molecule has 1 N–H and O–H groups in total. The lowest BCUT2D eigenvalue weighted by Gasteiger charge is -2.14. The third-order valence-electron chi connectivity index (χ3n) is 1.10. The van der Waals surface area contributed by atoms with Gasteiger partial charge in [0.2, 0.25) is 0 Å². The highest BCUT2D eigenvalue weighted by Gasteiger charge is 1.90. The largest absolute Gasteiger partial charge is 0.278 e. The molecule has 0 saturated heterocycles. The van der Waals surface area contributed by atoms with Gasteiger partial charge in [0, 0.05) is 19.1 Å². The fourth-order valence-electron chi connectivity index (χ4n) is 0.517. The van der Waals surface area contributed by atoms with E-state index >= 15 is 0 Å². The normalized spacial score (nSPS) is 8.44. The summed E-state index contributed by atoms with van der Waals surface area (Å²) in [6, 6.07) is 2.78. The molecule has 2 nitrogen and oxygen atoms in total. The number of rotatable bonds is 3. The lowest BCUT2D eigenvalue weighted by molar-refractivity contribution is 0.255. The molecule has 0 saturated carbocycles. The zero-order valence-electron chi connectivity index (χ0n) is 6.36. The van der Waals surface area contributed by atoms with Crippen LogP contribution in [0, 0.1) is 12.0 Å². The van der Waals surface area contributed by atoms with Crippen molar-refractivity contribution < 1.29 is 0 Å². The predicted octanol–water partition coefficient (Wildman–Crippen LogP) is 0.814. The van der Waals surface area contributed by atoms with Gasteiger partial charge in [-0.1, -0.05) is 19.8 Å². The van der Waals surface area contributed by atoms with E-state index in [0.717, 1.165) is 13.1 Å². The molecule has 0 aromatic rings. The molecule has 0 spiro atoms. The van der Waals surface area contributed by atoms with Gasteiger partial charge in [0.15, 0.2) is 0 Å². The molecule has 0 atom stereocenters. The zero-order chi connectivity index (χ0) is 7.11. The van der Waals surface area contributed by atoms with Crippen molar-refractivity contribution in [1.82, 2.24) is 10.4 Å². The monoisotopic (exact) mass is 126 g/mol. The Morgan fingerprint density at radius 1 is 1.33 bits per heavy atom. The summed E-state index contributed by atoms with van der Waals surface area (Å²) in [7, 11) is 0. The molecule has 9 heavy (non-hydrogen) atoms. The summed E-state index contributed by atoms with van der Waals surface area (Å²) in [6.45, 7) is 7.98. The molecular weight excluding hydrogens is 112 g/mol. The van der Waals surface area contributed by atoms with Crippen LogP contribution in [-0.2, 0) is 0 Å². The van der Waals surface area contributed by atoms with E-state index in [1.807, 2.05) is 11.9 Å². The van der Waals surface area contributed by atoms with Gasteiger partial charge < -0.3 is 0 Å². The van der Waals surface area contributed by atoms with Crippen molar-refractivity contribution in [2.75, 3.05) is 13.1 Å². The first-order chi connectivity index (χ1) is 4.35. The highest BCUT2D eigenvalue weighted by molar-refractivity contribution is 4.90. The van der Waals surface area contributed by atoms with E-state index < -0.39 is 0 Å². The Hall–Kier alpha value is -0.680. The van der Waals surface area contributed by atoms with Gasteiger partial charge in [0.05, 0.1) is 0 Å². The Morgan fingerprint density at radius 3 is 2.22 bits per heavy atom. The highest BCUT2D eigenvalue weighted by atomic mass is 15.5. The third kappa shape index (κ3) is 3.87. The van der Waals surface area contributed by atoms with Gasteiger partial charge in [-0.05, 0) is 6.92 Å². The zero-order valence-corrected chi connectivity index (χ0v) is 6.36. The van der Waals surface area contributed by atoms with Crippen LogP contribution in [0.2, 0.25) is 0 Å². The van der Waals surface area contributed by atoms with E-state index in [1.165, 1.54) is 0 Å². The van der Waals surface area contributed by atoms with Gasteiger partial charge in [0.25, 0.3) is 0 Å². The molecule has 0 aliphatic heterocycles. The number of hydrogen-bond donors (Lipinski definition) is 1. The van der Waals surface area contributed by atoms with Crippen molar-refractivity contribution in [2.45, 2.75) is 20.8 Å². The van der Waals surface area contributed by atoms with Crippen molar-refractivity contribution >= 4 is 0 Å². The van der Waals surface area contributed by atoms with Crippen molar-refractivity contribution in [3.8, 4) is 12.0 Å². The first-order valence-electron chi connectivity index (χ1n) is 3.27. The van der Waals surface area contributed by atoms with Crippen LogP contribution in [0.4, 0.5) is 0 Å². The van der Waals surface area contributed by atoms with E-state index in [4.69, 9.17) is 0 Å². The maximum absolute atomic E-state index is 2.94. The molecule has 0 amide bonds. The summed E-state index contributed by atoms with van der Waals surface area (Å²) in [5.41, 5.74) is 2.94. The lowest BCUT2D eigenvalue weighted by Crippen LogP contribution is -2.33. The van der Waals surface area contributed by atoms with E-state index in [1.54, 1.807) is 0 Å². The second-order valence-electron chi connectivity index (χ2n) is 1.66. The first-order valence-corrected chi connectivity index (χ1v) is 3.27. The Morgan fingerprint density at radius 2 is 1.89 bits per heavy atom. The smallest absolute Gasteiger partial charge is 0.0201 e. The molecule has 0 aromatic carbocycles. The predicted molar refractivity (Wildman–Crippen MR) is 39.5 cm³/mol. The molecule has 0 aliphatic rings. The minimum atomic E-state index is 0.991. The summed E-state index contributed by atoms with van der Waals surface area (Å²) in [4.78, 5) is 0. The molecule has 0 unspecified atom stereocenters. The van der Waals surface area contributed by atoms with Crippen molar-refractivity contribution in [1.29, 1.82) is 0 Å². The number of nitrogens with one attached hydrogen (secondary N) is 1. The van der Waals surface area contributed by atoms with Crippen LogP contribution < -0.4 is 5.43 Å². The molecule has 0 heterocycles. The first kappa shape index (κ1) is 8.32. The third-order valence-corrected chi connectivity index (χ3v) is 1.10. The van der Waals surface area contributed by atoms with Crippen LogP contribution in [0.5, 0.6) is 0 Å². The summed E-state index contributed by atoms with van der Waals surface area (Å²) >= 11 is 0. The lowest BCUT2D eigenvalue weighted by atomic mass is 10.6. The average Bonchev–Trinajstić information content (AvgIpc) is 1.91. The molecular formula is C7H14N2. The van der Waals surface area contributed by atoms with Gasteiger partial charge in [-0.25, -0.2) is 5.01 Å². The number of nitrogens with zero attached hydrogens (tertiary/aromatic N) is 1. The van der Waals surface area contributed by atoms with Gasteiger partial charge in [0.1, 0.15) is 0 Å². The van der Waals surface area contributed by atoms with Gasteiger partial charge in [-0.3, -0.25) is 5.43 Å². The van der Waals surface area contributed by atoms with Crippen LogP contribution in [0.15, 0.2) is 0 Å². The Balaban J connectivity index is 3.39. The van der Waals surface area contributed by atoms with Crippen LogP contribution >= 0.6 is 0 Å². The van der Waals surface area contributed by atoms with Gasteiger partial charge in [-0.15, -0.1) is 0 Å². The molecule has 0 bridgehead atoms. The molecule has 2 heteroatoms. The van der Waals surface area contributed by atoms with Crippen LogP contribution in [-0.4, -0.2) is 18.1 Å². The van der Waals surface area contributed by atoms with Crippen molar-refractivity contribution in [2.24, 2.45) is 0 Å². The molecule has 52 valence electrons. The minimum Gasteiger partial charge on any atom is -0.278 e. The SMILES string of the molecule is CC#CNN(CC)CC. The van der Waals surface area contributed by atoms with Crippen molar-refractivity contribution in [3.63, 3.8) is 0 Å². The maximum atomic E-state index is 2.94. The topological polar surface area (TPSA) is 15.3 Å². The van der Waals surface area contributed by atoms with E-state index in [9.17, 15) is 0 Å². The molecule has 0 aliphatic carbocycles. The Bertz CT molecular complexity index is 106. The van der Waals surface area contributed by atoms with Crippen LogP contribution in [0.1, 0.15) is 20.8 Å². The molecule has 0 fully saturated rings. The quantitative estimate of drug-likeness (QED) is 0.342. The standard InChI is InChI=1S/C7H14N2/c1-4-7-8-9(5-2)6-3/h8H,5-6H2,1-3H3. The number of hydrazine groups is 1. The van der Waals surface area contributed by atoms with E-state index in [-0.39, 0.29) is 0 Å². The summed E-state index contributed by atoms with van der Waals surface area (Å²) in [6.07, 6.45) is 0. The van der Waals surface area contributed by atoms with Crippen LogP contribution in [0.3, 0.4) is 0 Å². The van der Waals surface area contributed by atoms with E-state index in [2.05, 4.69) is 31.2 Å². The Labute approximate surface area is 57.2 Å².